The van der Waals surface area contributed by atoms with Crippen molar-refractivity contribution < 1.29 is 9.53 Å². The van der Waals surface area contributed by atoms with Crippen LogP contribution < -0.4 is 5.56 Å². The first kappa shape index (κ1) is 23.6. The molecule has 0 N–H and O–H groups in total. The van der Waals surface area contributed by atoms with Crippen molar-refractivity contribution in [2.45, 2.75) is 38.8 Å². The van der Waals surface area contributed by atoms with Gasteiger partial charge in [-0.15, -0.1) is 0 Å². The van der Waals surface area contributed by atoms with Gasteiger partial charge in [0.1, 0.15) is 12.3 Å². The Balaban J connectivity index is 1.48. The molecule has 0 bridgehead atoms. The van der Waals surface area contributed by atoms with Gasteiger partial charge in [-0.1, -0.05) is 57.9 Å². The fourth-order valence-corrected chi connectivity index (χ4v) is 5.62. The number of alkyl halides is 1. The second-order valence-corrected chi connectivity index (χ2v) is 10.1. The van der Waals surface area contributed by atoms with Gasteiger partial charge >= 0.3 is 6.09 Å². The van der Waals surface area contributed by atoms with Crippen LogP contribution in [0.3, 0.4) is 0 Å². The molecule has 2 aromatic carbocycles. The lowest BCUT2D eigenvalue weighted by Gasteiger charge is -2.32. The minimum atomic E-state index is -0.315. The molecule has 0 spiro atoms. The number of rotatable bonds is 5. The minimum Gasteiger partial charge on any atom is -0.445 e. The number of halogens is 1. The number of aromatic nitrogens is 3. The summed E-state index contributed by atoms with van der Waals surface area (Å²) in [6, 6.07) is 13.8. The maximum atomic E-state index is 13.4. The zero-order valence-electron chi connectivity index (χ0n) is 20.0. The van der Waals surface area contributed by atoms with E-state index in [4.69, 9.17) is 9.84 Å². The SMILES string of the molecule is Cc1cc(CCBr)c2c(c1)c(=O)n(C)c1c2cnn1C1CCCN(C(=O)OCc2ccccc2)C1. The Morgan fingerprint density at radius 1 is 1.20 bits per heavy atom. The summed E-state index contributed by atoms with van der Waals surface area (Å²) in [5.41, 5.74) is 3.96. The van der Waals surface area contributed by atoms with Gasteiger partial charge in [0.15, 0.2) is 0 Å². The Morgan fingerprint density at radius 2 is 2.00 bits per heavy atom. The van der Waals surface area contributed by atoms with E-state index in [2.05, 4.69) is 22.0 Å². The second-order valence-electron chi connectivity index (χ2n) is 9.26. The third-order valence-electron chi connectivity index (χ3n) is 6.83. The number of piperidine rings is 1. The third-order valence-corrected chi connectivity index (χ3v) is 7.22. The maximum Gasteiger partial charge on any atom is 0.410 e. The summed E-state index contributed by atoms with van der Waals surface area (Å²) in [6.45, 7) is 3.43. The van der Waals surface area contributed by atoms with Gasteiger partial charge in [0.2, 0.25) is 0 Å². The zero-order valence-corrected chi connectivity index (χ0v) is 21.6. The molecule has 7 nitrogen and oxygen atoms in total. The molecule has 1 amide bonds. The van der Waals surface area contributed by atoms with Gasteiger partial charge in [0.05, 0.1) is 12.2 Å². The fourth-order valence-electron chi connectivity index (χ4n) is 5.19. The van der Waals surface area contributed by atoms with Crippen molar-refractivity contribution in [2.75, 3.05) is 18.4 Å². The molecule has 1 aliphatic heterocycles. The highest BCUT2D eigenvalue weighted by molar-refractivity contribution is 9.09. The van der Waals surface area contributed by atoms with E-state index in [1.54, 1.807) is 9.47 Å². The molecular weight excluding hydrogens is 508 g/mol. The van der Waals surface area contributed by atoms with Gasteiger partial charge in [0, 0.05) is 41.6 Å². The number of carbonyl (C=O) groups is 1. The Hall–Kier alpha value is -3.13. The van der Waals surface area contributed by atoms with Crippen LogP contribution in [-0.2, 0) is 24.8 Å². The smallest absolute Gasteiger partial charge is 0.410 e. The quantitative estimate of drug-likeness (QED) is 0.332. The van der Waals surface area contributed by atoms with Crippen molar-refractivity contribution in [1.82, 2.24) is 19.2 Å². The molecule has 4 aromatic rings. The van der Waals surface area contributed by atoms with Crippen LogP contribution in [0.5, 0.6) is 0 Å². The molecule has 1 aliphatic rings. The fraction of sp³-hybridized carbons (Fsp3) is 0.370. The van der Waals surface area contributed by atoms with Gasteiger partial charge in [-0.25, -0.2) is 9.48 Å². The van der Waals surface area contributed by atoms with Crippen molar-refractivity contribution in [3.63, 3.8) is 0 Å². The van der Waals surface area contributed by atoms with E-state index >= 15 is 0 Å². The molecule has 5 rings (SSSR count). The summed E-state index contributed by atoms with van der Waals surface area (Å²) in [5.74, 6) is 0. The van der Waals surface area contributed by atoms with Crippen molar-refractivity contribution in [3.8, 4) is 0 Å². The number of carbonyl (C=O) groups excluding carboxylic acids is 1. The highest BCUT2D eigenvalue weighted by Gasteiger charge is 2.28. The van der Waals surface area contributed by atoms with Gasteiger partial charge < -0.3 is 9.64 Å². The monoisotopic (exact) mass is 536 g/mol. The van der Waals surface area contributed by atoms with E-state index < -0.39 is 0 Å². The van der Waals surface area contributed by atoms with Crippen LogP contribution in [0.25, 0.3) is 21.8 Å². The van der Waals surface area contributed by atoms with E-state index in [1.807, 2.05) is 61.2 Å². The largest absolute Gasteiger partial charge is 0.445 e. The summed E-state index contributed by atoms with van der Waals surface area (Å²) in [6.07, 6.45) is 4.12. The summed E-state index contributed by atoms with van der Waals surface area (Å²) < 4.78 is 9.21. The summed E-state index contributed by atoms with van der Waals surface area (Å²) in [4.78, 5) is 28.0. The summed E-state index contributed by atoms with van der Waals surface area (Å²) >= 11 is 3.56. The van der Waals surface area contributed by atoms with Gasteiger partial charge in [-0.3, -0.25) is 9.36 Å². The molecule has 0 aliphatic carbocycles. The van der Waals surface area contributed by atoms with Gasteiger partial charge in [0.25, 0.3) is 5.56 Å². The Labute approximate surface area is 212 Å². The highest BCUT2D eigenvalue weighted by atomic mass is 79.9. The van der Waals surface area contributed by atoms with E-state index in [1.165, 1.54) is 0 Å². The molecule has 182 valence electrons. The van der Waals surface area contributed by atoms with Crippen LogP contribution in [-0.4, -0.2) is 43.8 Å². The molecule has 0 saturated carbocycles. The van der Waals surface area contributed by atoms with Crippen LogP contribution in [0, 0.1) is 6.92 Å². The zero-order chi connectivity index (χ0) is 24.5. The number of hydrogen-bond donors (Lipinski definition) is 0. The van der Waals surface area contributed by atoms with E-state index in [0.29, 0.717) is 13.1 Å². The molecule has 3 heterocycles. The lowest BCUT2D eigenvalue weighted by Crippen LogP contribution is -2.41. The van der Waals surface area contributed by atoms with Crippen molar-refractivity contribution >= 4 is 43.8 Å². The first-order valence-electron chi connectivity index (χ1n) is 12.0. The number of ether oxygens (including phenoxy) is 1. The second kappa shape index (κ2) is 9.85. The average molecular weight is 537 g/mol. The Morgan fingerprint density at radius 3 is 2.77 bits per heavy atom. The number of fused-ring (bicyclic) bond motifs is 3. The summed E-state index contributed by atoms with van der Waals surface area (Å²) in [7, 11) is 1.81. The van der Waals surface area contributed by atoms with Gasteiger partial charge in [-0.2, -0.15) is 5.10 Å². The number of hydrogen-bond acceptors (Lipinski definition) is 4. The number of pyridine rings is 1. The predicted octanol–water partition coefficient (Wildman–Crippen LogP) is 5.11. The molecule has 0 radical (unpaired) electrons. The van der Waals surface area contributed by atoms with E-state index in [0.717, 1.165) is 63.1 Å². The highest BCUT2D eigenvalue weighted by Crippen LogP contribution is 2.31. The number of aryl methyl sites for hydroxylation is 3. The average Bonchev–Trinajstić information content (AvgIpc) is 3.31. The first-order chi connectivity index (χ1) is 17.0. The van der Waals surface area contributed by atoms with Gasteiger partial charge in [-0.05, 0) is 43.4 Å². The number of nitrogens with zero attached hydrogens (tertiary/aromatic N) is 4. The van der Waals surface area contributed by atoms with Crippen molar-refractivity contribution in [3.05, 3.63) is 75.7 Å². The van der Waals surface area contributed by atoms with Crippen LogP contribution >= 0.6 is 15.9 Å². The Bertz CT molecular complexity index is 1440. The number of likely N-dealkylation sites (tertiary alicyclic amines) is 1. The van der Waals surface area contributed by atoms with E-state index in [9.17, 15) is 9.59 Å². The first-order valence-corrected chi connectivity index (χ1v) is 13.1. The third kappa shape index (κ3) is 4.47. The molecule has 1 atom stereocenters. The van der Waals surface area contributed by atoms with E-state index in [-0.39, 0.29) is 24.3 Å². The predicted molar refractivity (Wildman–Crippen MR) is 141 cm³/mol. The molecule has 1 unspecified atom stereocenters. The minimum absolute atomic E-state index is 0.0243. The molecule has 8 heteroatoms. The van der Waals surface area contributed by atoms with Crippen LogP contribution in [0.4, 0.5) is 4.79 Å². The van der Waals surface area contributed by atoms with Crippen molar-refractivity contribution in [1.29, 1.82) is 0 Å². The lowest BCUT2D eigenvalue weighted by molar-refractivity contribution is 0.0792. The number of amides is 1. The topological polar surface area (TPSA) is 69.4 Å². The van der Waals surface area contributed by atoms with Crippen LogP contribution in [0.1, 0.15) is 35.6 Å². The molecular formula is C27H29BrN4O3. The van der Waals surface area contributed by atoms with Crippen LogP contribution in [0.2, 0.25) is 0 Å². The summed E-state index contributed by atoms with van der Waals surface area (Å²) in [5, 5.41) is 8.25. The molecule has 1 fully saturated rings. The molecule has 2 aromatic heterocycles. The van der Waals surface area contributed by atoms with Crippen LogP contribution in [0.15, 0.2) is 53.5 Å². The lowest BCUT2D eigenvalue weighted by atomic mass is 9.98. The number of benzene rings is 2. The van der Waals surface area contributed by atoms with Crippen molar-refractivity contribution in [2.24, 2.45) is 7.05 Å². The normalized spacial score (nSPS) is 16.2. The molecule has 1 saturated heterocycles. The standard InChI is InChI=1S/C27H29BrN4O3/c1-18-13-20(10-11-28)24-22(14-18)26(33)30(2)25-23(24)15-29-32(25)21-9-6-12-31(16-21)27(34)35-17-19-7-4-3-5-8-19/h3-5,7-8,13-15,21H,6,9-12,16-17H2,1-2H3. The maximum absolute atomic E-state index is 13.4. The Kier molecular flexibility index (Phi) is 6.65. The molecule has 35 heavy (non-hydrogen) atoms.